The fourth-order valence-corrected chi connectivity index (χ4v) is 14.5. The van der Waals surface area contributed by atoms with Gasteiger partial charge in [-0.2, -0.15) is 39.5 Å². The number of pyridine rings is 1. The van der Waals surface area contributed by atoms with E-state index in [1.807, 2.05) is 9.80 Å². The number of hydrogen-bond donors (Lipinski definition) is 0. The molecular weight excluding hydrogens is 1270 g/mol. The van der Waals surface area contributed by atoms with Crippen LogP contribution in [0, 0.1) is 36.3 Å². The molecule has 6 bridgehead atoms. The van der Waals surface area contributed by atoms with Gasteiger partial charge >= 0.3 is 18.5 Å². The maximum absolute atomic E-state index is 14.1. The first-order valence-corrected chi connectivity index (χ1v) is 30.6. The van der Waals surface area contributed by atoms with Crippen molar-refractivity contribution >= 4 is 29.3 Å². The molecule has 12 heterocycles. The summed E-state index contributed by atoms with van der Waals surface area (Å²) in [5, 5.41) is 0.196. The molecule has 9 atom stereocenters. The largest absolute Gasteiger partial charge is 0.434 e. The smallest absolute Gasteiger partial charge is 0.332 e. The van der Waals surface area contributed by atoms with Crippen molar-refractivity contribution in [1.82, 2.24) is 69.5 Å². The highest BCUT2D eigenvalue weighted by Crippen LogP contribution is 2.47. The quantitative estimate of drug-likeness (QED) is 0.0874. The van der Waals surface area contributed by atoms with E-state index in [1.165, 1.54) is 55.0 Å². The predicted octanol–water partition coefficient (Wildman–Crippen LogP) is 12.7. The number of benzene rings is 2. The van der Waals surface area contributed by atoms with Crippen LogP contribution in [-0.2, 0) is 37.8 Å². The SMILES string of the molecule is Cc1ccc(C(=O)N2C3CCC2C(Cc2cnc(C(F)(F)F)cn2)C3)c(Cl)n1.O=C(c1cc(F)ccc1-c1ncccn1)N1C2CCC1C(Cc1ncc(C(F)(F)F)cn1)C2.O=C(c1ccc(F)cc1-c1ncccn1)N1C2CCC1C(Cc1ncc(C(F)(F)F)cn1)C2. The Balaban J connectivity index is 0.000000136. The molecule has 6 aromatic heterocycles. The van der Waals surface area contributed by atoms with Gasteiger partial charge in [0.1, 0.15) is 28.4 Å². The van der Waals surface area contributed by atoms with Crippen LogP contribution < -0.4 is 0 Å². The summed E-state index contributed by atoms with van der Waals surface area (Å²) in [5.74, 6) is -0.211. The molecule has 8 aromatic rings. The number of halogens is 12. The minimum atomic E-state index is -4.50. The molecule has 0 N–H and O–H groups in total. The fraction of sp³-hybridized carbons (Fsp3) is 0.385. The lowest BCUT2D eigenvalue weighted by molar-refractivity contribution is -0.141. The molecule has 29 heteroatoms. The molecule has 0 aliphatic carbocycles. The molecule has 0 radical (unpaired) electrons. The van der Waals surface area contributed by atoms with Gasteiger partial charge in [-0.3, -0.25) is 19.4 Å². The van der Waals surface area contributed by atoms with E-state index in [-0.39, 0.29) is 88.3 Å². The summed E-state index contributed by atoms with van der Waals surface area (Å²) in [4.78, 5) is 89.5. The number of fused-ring (bicyclic) bond motifs is 6. The van der Waals surface area contributed by atoms with Crippen molar-refractivity contribution in [3.05, 3.63) is 196 Å². The average Bonchev–Trinajstić information content (AvgIpc) is 1.61. The van der Waals surface area contributed by atoms with Gasteiger partial charge in [0.25, 0.3) is 17.7 Å². The van der Waals surface area contributed by atoms with E-state index >= 15 is 0 Å². The third-order valence-electron chi connectivity index (χ3n) is 18.4. The molecule has 6 saturated heterocycles. The Bertz CT molecular complexity index is 4070. The van der Waals surface area contributed by atoms with Crippen molar-refractivity contribution in [1.29, 1.82) is 0 Å². The first-order chi connectivity index (χ1) is 44.9. The van der Waals surface area contributed by atoms with Crippen LogP contribution in [0.3, 0.4) is 0 Å². The van der Waals surface area contributed by atoms with E-state index in [1.54, 1.807) is 48.5 Å². The molecule has 0 saturated carbocycles. The van der Waals surface area contributed by atoms with Crippen LogP contribution in [0.1, 0.15) is 129 Å². The van der Waals surface area contributed by atoms with Crippen molar-refractivity contribution in [3.8, 4) is 22.8 Å². The van der Waals surface area contributed by atoms with Crippen LogP contribution in [0.5, 0.6) is 0 Å². The van der Waals surface area contributed by atoms with Crippen molar-refractivity contribution in [2.24, 2.45) is 17.8 Å². The van der Waals surface area contributed by atoms with Crippen molar-refractivity contribution < 1.29 is 62.7 Å². The molecule has 17 nitrogen and oxygen atoms in total. The maximum atomic E-state index is 14.1. The maximum Gasteiger partial charge on any atom is 0.434 e. The first kappa shape index (κ1) is 65.0. The molecule has 6 aliphatic heterocycles. The molecule has 3 amide bonds. The Morgan fingerprint density at radius 3 is 1.36 bits per heavy atom. The zero-order chi connectivity index (χ0) is 66.4. The van der Waals surface area contributed by atoms with Gasteiger partial charge in [-0.1, -0.05) is 11.6 Å². The molecule has 9 unspecified atom stereocenters. The third-order valence-corrected chi connectivity index (χ3v) is 18.7. The summed E-state index contributed by atoms with van der Waals surface area (Å²) >= 11 is 6.17. The summed E-state index contributed by atoms with van der Waals surface area (Å²) < 4.78 is 143. The van der Waals surface area contributed by atoms with Crippen LogP contribution in [0.25, 0.3) is 22.8 Å². The molecule has 14 rings (SSSR count). The molecule has 0 spiro atoms. The molecular formula is C65H56ClF11N14O3. The van der Waals surface area contributed by atoms with Gasteiger partial charge in [-0.15, -0.1) is 0 Å². The van der Waals surface area contributed by atoms with E-state index in [0.29, 0.717) is 71.1 Å². The average molecular weight is 1330 g/mol. The fourth-order valence-electron chi connectivity index (χ4n) is 14.3. The summed E-state index contributed by atoms with van der Waals surface area (Å²) in [6.07, 6.45) is 6.33. The number of hydrogen-bond acceptors (Lipinski definition) is 14. The number of aryl methyl sites for hydroxylation is 1. The molecule has 6 aliphatic rings. The van der Waals surface area contributed by atoms with Crippen LogP contribution in [-0.4, -0.2) is 123 Å². The highest BCUT2D eigenvalue weighted by atomic mass is 35.5. The third kappa shape index (κ3) is 13.8. The van der Waals surface area contributed by atoms with E-state index in [0.717, 1.165) is 88.0 Å². The second kappa shape index (κ2) is 26.4. The lowest BCUT2D eigenvalue weighted by Crippen LogP contribution is -2.37. The van der Waals surface area contributed by atoms with Crippen LogP contribution in [0.15, 0.2) is 123 Å². The van der Waals surface area contributed by atoms with Crippen LogP contribution in [0.4, 0.5) is 48.3 Å². The topological polar surface area (TPSA) is 203 Å². The van der Waals surface area contributed by atoms with Gasteiger partial charge < -0.3 is 14.7 Å². The Morgan fingerprint density at radius 2 is 0.904 bits per heavy atom. The number of carbonyl (C=O) groups excluding carboxylic acids is 3. The summed E-state index contributed by atoms with van der Waals surface area (Å²) in [6.45, 7) is 1.81. The van der Waals surface area contributed by atoms with Gasteiger partial charge in [0, 0.05) is 122 Å². The van der Waals surface area contributed by atoms with E-state index < -0.39 is 47.0 Å². The van der Waals surface area contributed by atoms with E-state index in [2.05, 4.69) is 54.8 Å². The van der Waals surface area contributed by atoms with Gasteiger partial charge in [0.2, 0.25) is 0 Å². The molecule has 6 fully saturated rings. The zero-order valence-corrected chi connectivity index (χ0v) is 50.5. The Hall–Kier alpha value is -9.08. The Kier molecular flexibility index (Phi) is 18.2. The van der Waals surface area contributed by atoms with E-state index in [9.17, 15) is 62.7 Å². The van der Waals surface area contributed by atoms with Gasteiger partial charge in [-0.05, 0) is 150 Å². The second-order valence-corrected chi connectivity index (χ2v) is 24.5. The minimum absolute atomic E-state index is 0.0107. The standard InChI is InChI=1S/2C23H19F4N5O.C19H18ClF3N4O/c24-15-2-4-17(18(10-15)21-28-6-1-7-29-21)22(33)32-16-3-5-19(32)13(8-16)9-20-30-11-14(12-31-20)23(25,26)27;24-15-2-4-17(21-28-6-1-7-29-21)18(10-15)22(33)32-16-3-5-19(32)13(8-16)9-20-30-11-14(12-31-20)23(25,26)27;1-10-2-4-14(17(20)26-10)18(28)27-13-3-5-15(27)11(7-13)6-12-8-25-16(9-24-12)19(21,22)23/h2*1-2,4,6-7,10-13,16,19H,3,5,8-9H2;2,4,8-9,11,13,15H,3,5-7H2,1H3. The summed E-state index contributed by atoms with van der Waals surface area (Å²) in [7, 11) is 0. The highest BCUT2D eigenvalue weighted by Gasteiger charge is 2.52. The second-order valence-electron chi connectivity index (χ2n) is 24.1. The zero-order valence-electron chi connectivity index (χ0n) is 49.7. The highest BCUT2D eigenvalue weighted by molar-refractivity contribution is 6.32. The Morgan fingerprint density at radius 1 is 0.468 bits per heavy atom. The molecule has 94 heavy (non-hydrogen) atoms. The Labute approximate surface area is 534 Å². The molecule has 488 valence electrons. The number of rotatable bonds is 11. The van der Waals surface area contributed by atoms with Crippen LogP contribution >= 0.6 is 11.6 Å². The number of carbonyl (C=O) groups is 3. The van der Waals surface area contributed by atoms with Gasteiger partial charge in [0.15, 0.2) is 17.3 Å². The van der Waals surface area contributed by atoms with Crippen molar-refractivity contribution in [3.63, 3.8) is 0 Å². The number of alkyl halides is 9. The molecule has 2 aromatic carbocycles. The first-order valence-electron chi connectivity index (χ1n) is 30.3. The van der Waals surface area contributed by atoms with Gasteiger partial charge in [-0.25, -0.2) is 58.6 Å². The van der Waals surface area contributed by atoms with Gasteiger partial charge in [0.05, 0.1) is 39.7 Å². The van der Waals surface area contributed by atoms with Crippen molar-refractivity contribution in [2.45, 2.75) is 139 Å². The minimum Gasteiger partial charge on any atom is -0.332 e. The van der Waals surface area contributed by atoms with Crippen molar-refractivity contribution in [2.75, 3.05) is 0 Å². The number of aromatic nitrogens is 11. The normalized spacial score (nSPS) is 22.6. The lowest BCUT2D eigenvalue weighted by Gasteiger charge is -2.25. The lowest BCUT2D eigenvalue weighted by atomic mass is 9.86. The predicted molar refractivity (Wildman–Crippen MR) is 314 cm³/mol. The summed E-state index contributed by atoms with van der Waals surface area (Å²) in [6, 6.07) is 14.6. The monoisotopic (exact) mass is 1320 g/mol. The number of nitrogens with zero attached hydrogens (tertiary/aromatic N) is 14. The summed E-state index contributed by atoms with van der Waals surface area (Å²) in [5.41, 5.74) is 0.168. The van der Waals surface area contributed by atoms with Crippen LogP contribution in [0.2, 0.25) is 5.15 Å². The van der Waals surface area contributed by atoms with E-state index in [4.69, 9.17) is 11.6 Å². The number of amides is 3.